The molecule has 0 bridgehead atoms. The van der Waals surface area contributed by atoms with Crippen LogP contribution >= 0.6 is 0 Å². The number of nitrogens with one attached hydrogen (secondary N) is 1. The van der Waals surface area contributed by atoms with Crippen molar-refractivity contribution in [1.29, 1.82) is 0 Å². The van der Waals surface area contributed by atoms with Crippen molar-refractivity contribution in [1.82, 2.24) is 9.80 Å². The number of hydrogen-bond donors (Lipinski definition) is 2. The Kier molecular flexibility index (Phi) is 6.88. The van der Waals surface area contributed by atoms with Gasteiger partial charge in [-0.05, 0) is 79.6 Å². The van der Waals surface area contributed by atoms with Crippen molar-refractivity contribution in [2.75, 3.05) is 38.7 Å². The molecule has 0 spiro atoms. The smallest absolute Gasteiger partial charge is 0.321 e. The number of urea groups is 1. The van der Waals surface area contributed by atoms with Crippen LogP contribution in [0.15, 0.2) is 54.6 Å². The summed E-state index contributed by atoms with van der Waals surface area (Å²) in [6.07, 6.45) is 7.93. The molecule has 34 heavy (non-hydrogen) atoms. The average molecular weight is 462 g/mol. The Morgan fingerprint density at radius 2 is 1.82 bits per heavy atom. The van der Waals surface area contributed by atoms with Crippen LogP contribution in [0, 0.1) is 0 Å². The maximum atomic E-state index is 13.2. The van der Waals surface area contributed by atoms with Crippen LogP contribution in [0.25, 0.3) is 5.57 Å². The van der Waals surface area contributed by atoms with Gasteiger partial charge in [-0.2, -0.15) is 0 Å². The number of benzene rings is 2. The Morgan fingerprint density at radius 1 is 1.06 bits per heavy atom. The Labute approximate surface area is 202 Å². The molecule has 2 aromatic rings. The highest BCUT2D eigenvalue weighted by Gasteiger charge is 2.49. The quantitative estimate of drug-likeness (QED) is 0.676. The van der Waals surface area contributed by atoms with Gasteiger partial charge in [0.1, 0.15) is 5.75 Å². The summed E-state index contributed by atoms with van der Waals surface area (Å²) in [6, 6.07) is 16.6. The van der Waals surface area contributed by atoms with E-state index >= 15 is 0 Å². The van der Waals surface area contributed by atoms with Gasteiger partial charge in [0.25, 0.3) is 0 Å². The van der Waals surface area contributed by atoms with Gasteiger partial charge in [0.15, 0.2) is 0 Å². The zero-order valence-corrected chi connectivity index (χ0v) is 20.0. The number of nitrogens with zero attached hydrogens (tertiary/aromatic N) is 2. The molecular weight excluding hydrogens is 426 g/mol. The zero-order chi connectivity index (χ0) is 23.5. The van der Waals surface area contributed by atoms with Crippen LogP contribution in [0.1, 0.15) is 49.1 Å². The highest BCUT2D eigenvalue weighted by Crippen LogP contribution is 2.42. The largest absolute Gasteiger partial charge is 0.497 e. The van der Waals surface area contributed by atoms with E-state index in [9.17, 15) is 9.90 Å². The highest BCUT2D eigenvalue weighted by atomic mass is 16.5. The molecule has 6 heteroatoms. The highest BCUT2D eigenvalue weighted by molar-refractivity contribution is 5.89. The Morgan fingerprint density at radius 3 is 2.50 bits per heavy atom. The zero-order valence-electron chi connectivity index (χ0n) is 20.0. The average Bonchev–Trinajstić information content (AvgIpc) is 3.39. The first-order chi connectivity index (χ1) is 16.7. The van der Waals surface area contributed by atoms with Gasteiger partial charge in [-0.25, -0.2) is 4.79 Å². The van der Waals surface area contributed by atoms with Crippen molar-refractivity contribution < 1.29 is 14.6 Å². The lowest BCUT2D eigenvalue weighted by molar-refractivity contribution is -0.0585. The second kappa shape index (κ2) is 10.2. The van der Waals surface area contributed by atoms with Gasteiger partial charge >= 0.3 is 6.03 Å². The molecule has 1 aliphatic carbocycles. The number of carbonyl (C=O) groups excluding carboxylic acids is 1. The van der Waals surface area contributed by atoms with E-state index in [2.05, 4.69) is 40.6 Å². The first-order valence-electron chi connectivity index (χ1n) is 12.5. The number of amides is 2. The lowest BCUT2D eigenvalue weighted by atomic mass is 9.74. The van der Waals surface area contributed by atoms with Crippen LogP contribution in [0.2, 0.25) is 0 Å². The lowest BCUT2D eigenvalue weighted by Gasteiger charge is -2.57. The lowest BCUT2D eigenvalue weighted by Crippen LogP contribution is -2.68. The molecule has 2 saturated heterocycles. The number of aliphatic hydroxyl groups is 1. The fourth-order valence-electron chi connectivity index (χ4n) is 5.85. The molecule has 180 valence electrons. The van der Waals surface area contributed by atoms with Gasteiger partial charge < -0.3 is 20.1 Å². The van der Waals surface area contributed by atoms with Gasteiger partial charge in [0, 0.05) is 36.8 Å². The maximum absolute atomic E-state index is 13.2. The summed E-state index contributed by atoms with van der Waals surface area (Å²) in [6.45, 7) is 2.53. The van der Waals surface area contributed by atoms with E-state index in [-0.39, 0.29) is 30.6 Å². The number of allylic oxidation sites excluding steroid dienone is 2. The third kappa shape index (κ3) is 4.57. The molecule has 3 aliphatic rings. The number of methoxy groups -OCH3 is 1. The Hall–Kier alpha value is -2.83. The van der Waals surface area contributed by atoms with Crippen LogP contribution < -0.4 is 10.1 Å². The molecule has 2 heterocycles. The SMILES string of the molecule is COc1ccc(NC(=O)N2CCCCN3[C@H](CO)[C@H](c4ccc(C5=CCCC5)cc4)[C@@H]3C2)cc1. The minimum Gasteiger partial charge on any atom is -0.497 e. The van der Waals surface area contributed by atoms with Crippen LogP contribution in [0.3, 0.4) is 0 Å². The Balaban J connectivity index is 1.31. The second-order valence-electron chi connectivity index (χ2n) is 9.64. The summed E-state index contributed by atoms with van der Waals surface area (Å²) in [5, 5.41) is 13.3. The fraction of sp³-hybridized carbons (Fsp3) is 0.464. The number of aliphatic hydroxyl groups excluding tert-OH is 1. The van der Waals surface area contributed by atoms with Gasteiger partial charge in [-0.1, -0.05) is 30.3 Å². The molecule has 0 radical (unpaired) electrons. The molecule has 0 unspecified atom stereocenters. The van der Waals surface area contributed by atoms with E-state index in [1.54, 1.807) is 7.11 Å². The third-order valence-corrected chi connectivity index (χ3v) is 7.71. The van der Waals surface area contributed by atoms with E-state index < -0.39 is 0 Å². The van der Waals surface area contributed by atoms with E-state index in [0.29, 0.717) is 6.54 Å². The molecule has 5 rings (SSSR count). The number of anilines is 1. The number of fused-ring (bicyclic) bond motifs is 1. The maximum Gasteiger partial charge on any atom is 0.321 e. The van der Waals surface area contributed by atoms with Crippen LogP contribution in [-0.2, 0) is 0 Å². The molecule has 0 aromatic heterocycles. The molecule has 2 N–H and O–H groups in total. The second-order valence-corrected chi connectivity index (χ2v) is 9.64. The first-order valence-corrected chi connectivity index (χ1v) is 12.5. The first kappa shape index (κ1) is 22.9. The van der Waals surface area contributed by atoms with Crippen molar-refractivity contribution >= 4 is 17.3 Å². The van der Waals surface area contributed by atoms with E-state index in [1.807, 2.05) is 29.2 Å². The van der Waals surface area contributed by atoms with Crippen molar-refractivity contribution in [2.24, 2.45) is 0 Å². The number of rotatable bonds is 5. The number of carbonyl (C=O) groups is 1. The Bertz CT molecular complexity index is 1020. The summed E-state index contributed by atoms with van der Waals surface area (Å²) in [4.78, 5) is 17.5. The summed E-state index contributed by atoms with van der Waals surface area (Å²) in [5.74, 6) is 0.994. The van der Waals surface area contributed by atoms with E-state index in [4.69, 9.17) is 4.74 Å². The third-order valence-electron chi connectivity index (χ3n) is 7.71. The molecule has 6 nitrogen and oxygen atoms in total. The van der Waals surface area contributed by atoms with Crippen molar-refractivity contribution in [3.8, 4) is 5.75 Å². The van der Waals surface area contributed by atoms with Crippen LogP contribution in [-0.4, -0.2) is 66.4 Å². The minimum atomic E-state index is -0.0678. The predicted octanol–water partition coefficient (Wildman–Crippen LogP) is 4.72. The van der Waals surface area contributed by atoms with Crippen molar-refractivity contribution in [3.05, 3.63) is 65.7 Å². The molecule has 0 saturated carbocycles. The van der Waals surface area contributed by atoms with Crippen molar-refractivity contribution in [3.63, 3.8) is 0 Å². The van der Waals surface area contributed by atoms with E-state index in [1.165, 1.54) is 29.5 Å². The number of hydrogen-bond acceptors (Lipinski definition) is 4. The van der Waals surface area contributed by atoms with Crippen LogP contribution in [0.4, 0.5) is 10.5 Å². The normalized spacial score (nSPS) is 24.9. The van der Waals surface area contributed by atoms with Crippen LogP contribution in [0.5, 0.6) is 5.75 Å². The summed E-state index contributed by atoms with van der Waals surface area (Å²) in [5.41, 5.74) is 4.79. The molecule has 2 aromatic carbocycles. The molecule has 3 atom stereocenters. The monoisotopic (exact) mass is 461 g/mol. The number of ether oxygens (including phenoxy) is 1. The topological polar surface area (TPSA) is 65.0 Å². The summed E-state index contributed by atoms with van der Waals surface area (Å²) < 4.78 is 5.21. The van der Waals surface area contributed by atoms with Gasteiger partial charge in [-0.3, -0.25) is 4.90 Å². The summed E-state index contributed by atoms with van der Waals surface area (Å²) in [7, 11) is 1.63. The van der Waals surface area contributed by atoms with Gasteiger partial charge in [0.05, 0.1) is 13.7 Å². The summed E-state index contributed by atoms with van der Waals surface area (Å²) >= 11 is 0. The van der Waals surface area contributed by atoms with Gasteiger partial charge in [0.2, 0.25) is 0 Å². The standard InChI is InChI=1S/C28H35N3O3/c1-34-24-14-12-23(13-15-24)29-28(33)30-16-4-5-17-31-25(18-30)27(26(31)19-32)22-10-8-21(9-11-22)20-6-2-3-7-20/h6,8-15,25-27,32H,2-5,7,16-19H2,1H3,(H,29,33)/t25-,26+,27+/m0/s1. The molecular formula is C28H35N3O3. The van der Waals surface area contributed by atoms with Crippen molar-refractivity contribution in [2.45, 2.75) is 50.1 Å². The van der Waals surface area contributed by atoms with E-state index in [0.717, 1.165) is 43.8 Å². The molecule has 2 amide bonds. The fourth-order valence-corrected chi connectivity index (χ4v) is 5.85. The van der Waals surface area contributed by atoms with Gasteiger partial charge in [-0.15, -0.1) is 0 Å². The minimum absolute atomic E-state index is 0.0678. The molecule has 2 fully saturated rings. The molecule has 2 aliphatic heterocycles. The predicted molar refractivity (Wildman–Crippen MR) is 135 cm³/mol.